The minimum atomic E-state index is 0.641. The maximum Gasteiger partial charge on any atom is 0.0364 e. The molecule has 1 unspecified atom stereocenters. The molecule has 2 heterocycles. The van der Waals surface area contributed by atoms with E-state index in [1.807, 2.05) is 0 Å². The van der Waals surface area contributed by atoms with Crippen LogP contribution in [-0.2, 0) is 6.54 Å². The zero-order valence-corrected chi connectivity index (χ0v) is 11.0. The van der Waals surface area contributed by atoms with E-state index in [1.165, 1.54) is 36.6 Å². The maximum absolute atomic E-state index is 3.54. The largest absolute Gasteiger partial charge is 0.313 e. The Balaban J connectivity index is 1.88. The highest BCUT2D eigenvalue weighted by Gasteiger charge is 2.25. The molecule has 3 rings (SSSR count). The fourth-order valence-electron chi connectivity index (χ4n) is 2.91. The Kier molecular flexibility index (Phi) is 3.69. The number of hydrogen-bond acceptors (Lipinski definition) is 3. The summed E-state index contributed by atoms with van der Waals surface area (Å²) >= 11 is 2.09. The lowest BCUT2D eigenvalue weighted by atomic mass is 9.98. The third kappa shape index (κ3) is 2.51. The van der Waals surface area contributed by atoms with Crippen molar-refractivity contribution in [2.45, 2.75) is 19.0 Å². The third-order valence-corrected chi connectivity index (χ3v) is 4.75. The van der Waals surface area contributed by atoms with Gasteiger partial charge in [0.15, 0.2) is 0 Å². The van der Waals surface area contributed by atoms with Crippen LogP contribution in [-0.4, -0.2) is 36.0 Å². The molecule has 1 aromatic carbocycles. The Morgan fingerprint density at radius 2 is 2.00 bits per heavy atom. The minimum absolute atomic E-state index is 0.641. The molecule has 0 spiro atoms. The lowest BCUT2D eigenvalue weighted by molar-refractivity contribution is 0.209. The van der Waals surface area contributed by atoms with Crippen LogP contribution in [0.5, 0.6) is 0 Å². The summed E-state index contributed by atoms with van der Waals surface area (Å²) in [7, 11) is 0. The van der Waals surface area contributed by atoms with Gasteiger partial charge in [0.05, 0.1) is 0 Å². The molecule has 2 aliphatic heterocycles. The predicted molar refractivity (Wildman–Crippen MR) is 74.4 cm³/mol. The van der Waals surface area contributed by atoms with E-state index >= 15 is 0 Å². The van der Waals surface area contributed by atoms with E-state index in [0.717, 1.165) is 13.1 Å². The molecule has 0 saturated carbocycles. The van der Waals surface area contributed by atoms with Gasteiger partial charge < -0.3 is 5.32 Å². The van der Waals surface area contributed by atoms with Crippen LogP contribution in [0.4, 0.5) is 0 Å². The first kappa shape index (κ1) is 11.6. The number of nitrogens with zero attached hydrogens (tertiary/aromatic N) is 1. The molecule has 0 radical (unpaired) electrons. The van der Waals surface area contributed by atoms with Crippen LogP contribution in [0.2, 0.25) is 0 Å². The van der Waals surface area contributed by atoms with Crippen LogP contribution >= 0.6 is 11.8 Å². The normalized spacial score (nSPS) is 26.2. The first-order valence-corrected chi connectivity index (χ1v) is 7.71. The molecule has 0 aliphatic carbocycles. The van der Waals surface area contributed by atoms with Gasteiger partial charge in [-0.3, -0.25) is 4.90 Å². The van der Waals surface area contributed by atoms with Crippen LogP contribution in [0, 0.1) is 0 Å². The molecule has 2 nitrogen and oxygen atoms in total. The highest BCUT2D eigenvalue weighted by Crippen LogP contribution is 2.30. The summed E-state index contributed by atoms with van der Waals surface area (Å²) in [6.45, 7) is 4.69. The van der Waals surface area contributed by atoms with Crippen LogP contribution < -0.4 is 5.32 Å². The molecule has 17 heavy (non-hydrogen) atoms. The fraction of sp³-hybridized carbons (Fsp3) is 0.571. The topological polar surface area (TPSA) is 15.3 Å². The molecule has 1 aromatic rings. The van der Waals surface area contributed by atoms with E-state index in [0.29, 0.717) is 6.04 Å². The molecule has 0 bridgehead atoms. The molecule has 2 aliphatic rings. The summed E-state index contributed by atoms with van der Waals surface area (Å²) in [5, 5.41) is 3.54. The van der Waals surface area contributed by atoms with Gasteiger partial charge >= 0.3 is 0 Å². The van der Waals surface area contributed by atoms with Crippen molar-refractivity contribution in [3.05, 3.63) is 35.4 Å². The zero-order valence-electron chi connectivity index (χ0n) is 10.2. The van der Waals surface area contributed by atoms with Crippen molar-refractivity contribution >= 4 is 11.8 Å². The zero-order chi connectivity index (χ0) is 11.5. The maximum atomic E-state index is 3.54. The number of rotatable bonds is 1. The first-order valence-electron chi connectivity index (χ1n) is 6.55. The summed E-state index contributed by atoms with van der Waals surface area (Å²) in [5.41, 5.74) is 3.05. The number of benzene rings is 1. The number of fused-ring (bicyclic) bond motifs is 1. The fourth-order valence-corrected chi connectivity index (χ4v) is 3.84. The van der Waals surface area contributed by atoms with Gasteiger partial charge in [0.25, 0.3) is 0 Å². The summed E-state index contributed by atoms with van der Waals surface area (Å²) in [5.74, 6) is 2.60. The summed E-state index contributed by atoms with van der Waals surface area (Å²) < 4.78 is 0. The van der Waals surface area contributed by atoms with E-state index in [4.69, 9.17) is 0 Å². The van der Waals surface area contributed by atoms with Gasteiger partial charge in [-0.05, 0) is 24.1 Å². The van der Waals surface area contributed by atoms with Gasteiger partial charge in [0, 0.05) is 37.2 Å². The summed E-state index contributed by atoms with van der Waals surface area (Å²) in [4.78, 5) is 2.68. The van der Waals surface area contributed by atoms with Gasteiger partial charge in [0.1, 0.15) is 0 Å². The number of nitrogens with one attached hydrogen (secondary N) is 1. The Morgan fingerprint density at radius 1 is 1.18 bits per heavy atom. The van der Waals surface area contributed by atoms with Crippen molar-refractivity contribution in [3.63, 3.8) is 0 Å². The van der Waals surface area contributed by atoms with E-state index in [1.54, 1.807) is 5.56 Å². The molecule has 1 fully saturated rings. The second-order valence-electron chi connectivity index (χ2n) is 4.83. The van der Waals surface area contributed by atoms with Crippen LogP contribution in [0.1, 0.15) is 23.6 Å². The van der Waals surface area contributed by atoms with Gasteiger partial charge in [0.2, 0.25) is 0 Å². The smallest absolute Gasteiger partial charge is 0.0364 e. The van der Waals surface area contributed by atoms with Gasteiger partial charge in [-0.2, -0.15) is 11.8 Å². The van der Waals surface area contributed by atoms with E-state index in [2.05, 4.69) is 46.2 Å². The molecule has 1 saturated heterocycles. The second kappa shape index (κ2) is 5.42. The lowest BCUT2D eigenvalue weighted by Gasteiger charge is -2.34. The van der Waals surface area contributed by atoms with E-state index in [-0.39, 0.29) is 0 Å². The molecule has 0 aromatic heterocycles. The highest BCUT2D eigenvalue weighted by molar-refractivity contribution is 7.99. The lowest BCUT2D eigenvalue weighted by Crippen LogP contribution is -2.36. The van der Waals surface area contributed by atoms with Crippen molar-refractivity contribution in [2.24, 2.45) is 0 Å². The molecule has 92 valence electrons. The van der Waals surface area contributed by atoms with Gasteiger partial charge in [-0.1, -0.05) is 24.3 Å². The van der Waals surface area contributed by atoms with Crippen molar-refractivity contribution in [1.82, 2.24) is 10.2 Å². The molecule has 1 atom stereocenters. The SMILES string of the molecule is c1ccc2c(c1)CNCCC2N1CCSCC1. The summed E-state index contributed by atoms with van der Waals surface area (Å²) in [6.07, 6.45) is 1.25. The van der Waals surface area contributed by atoms with Crippen molar-refractivity contribution in [3.8, 4) is 0 Å². The Bertz CT molecular complexity index is 374. The van der Waals surface area contributed by atoms with Crippen molar-refractivity contribution in [2.75, 3.05) is 31.1 Å². The van der Waals surface area contributed by atoms with Gasteiger partial charge in [-0.25, -0.2) is 0 Å². The molecular weight excluding hydrogens is 228 g/mol. The predicted octanol–water partition coefficient (Wildman–Crippen LogP) is 2.27. The third-order valence-electron chi connectivity index (χ3n) is 3.81. The van der Waals surface area contributed by atoms with Crippen molar-refractivity contribution < 1.29 is 0 Å². The van der Waals surface area contributed by atoms with E-state index < -0.39 is 0 Å². The average molecular weight is 248 g/mol. The van der Waals surface area contributed by atoms with Crippen LogP contribution in [0.3, 0.4) is 0 Å². The summed E-state index contributed by atoms with van der Waals surface area (Å²) in [6, 6.07) is 9.60. The minimum Gasteiger partial charge on any atom is -0.313 e. The average Bonchev–Trinajstić information content (AvgIpc) is 2.62. The Morgan fingerprint density at radius 3 is 2.88 bits per heavy atom. The van der Waals surface area contributed by atoms with Crippen molar-refractivity contribution in [1.29, 1.82) is 0 Å². The van der Waals surface area contributed by atoms with Gasteiger partial charge in [-0.15, -0.1) is 0 Å². The molecule has 0 amide bonds. The standard InChI is InChI=1S/C14H20N2S/c1-2-4-13-12(3-1)11-15-6-5-14(13)16-7-9-17-10-8-16/h1-4,14-15H,5-11H2. The van der Waals surface area contributed by atoms with Crippen LogP contribution in [0.15, 0.2) is 24.3 Å². The first-order chi connectivity index (χ1) is 8.45. The number of hydrogen-bond donors (Lipinski definition) is 1. The highest BCUT2D eigenvalue weighted by atomic mass is 32.2. The molecule has 1 N–H and O–H groups in total. The quantitative estimate of drug-likeness (QED) is 0.821. The second-order valence-corrected chi connectivity index (χ2v) is 6.05. The number of thioether (sulfide) groups is 1. The van der Waals surface area contributed by atoms with E-state index in [9.17, 15) is 0 Å². The Hall–Kier alpha value is -0.510. The molecular formula is C14H20N2S. The molecule has 3 heteroatoms. The van der Waals surface area contributed by atoms with Crippen LogP contribution in [0.25, 0.3) is 0 Å². The Labute approximate surface area is 108 Å². The monoisotopic (exact) mass is 248 g/mol.